The topological polar surface area (TPSA) is 0 Å². The Morgan fingerprint density at radius 3 is 0.978 bits per heavy atom. The predicted molar refractivity (Wildman–Crippen MR) is 208 cm³/mol. The third kappa shape index (κ3) is 9.65. The van der Waals surface area contributed by atoms with Crippen molar-refractivity contribution in [3.63, 3.8) is 0 Å². The van der Waals surface area contributed by atoms with Crippen LogP contribution in [-0.4, -0.2) is 0 Å². The minimum atomic E-state index is -3.11. The van der Waals surface area contributed by atoms with Crippen LogP contribution in [0.15, 0.2) is 115 Å². The van der Waals surface area contributed by atoms with Crippen LogP contribution < -0.4 is 21.2 Å². The van der Waals surface area contributed by atoms with E-state index in [1.54, 1.807) is 0 Å². The summed E-state index contributed by atoms with van der Waals surface area (Å²) in [5.74, 6) is 0. The van der Waals surface area contributed by atoms with Crippen LogP contribution in [-0.2, 0) is 6.42 Å². The molecule has 0 saturated heterocycles. The van der Waals surface area contributed by atoms with Crippen LogP contribution in [0.25, 0.3) is 0 Å². The van der Waals surface area contributed by atoms with E-state index in [2.05, 4.69) is 138 Å². The van der Waals surface area contributed by atoms with E-state index in [1.165, 1.54) is 142 Å². The van der Waals surface area contributed by atoms with Crippen molar-refractivity contribution >= 4 is 42.0 Å². The average Bonchev–Trinajstić information content (AvgIpc) is 3.11. The normalized spacial score (nSPS) is 12.5. The van der Waals surface area contributed by atoms with Crippen molar-refractivity contribution in [3.05, 3.63) is 121 Å². The summed E-state index contributed by atoms with van der Waals surface area (Å²) in [5.41, 5.74) is 1.45. The average molecular weight is 686 g/mol. The summed E-state index contributed by atoms with van der Waals surface area (Å²) in [6, 6.07) is 42.8. The molecule has 242 valence electrons. The minimum absolute atomic E-state index is 1.17. The second-order valence-corrected chi connectivity index (χ2v) is 21.4. The maximum atomic E-state index is 4.61. The van der Waals surface area contributed by atoms with Gasteiger partial charge in [-0.25, -0.2) is 0 Å². The van der Waals surface area contributed by atoms with Gasteiger partial charge in [0.2, 0.25) is 0 Å². The zero-order valence-electron chi connectivity index (χ0n) is 28.0. The van der Waals surface area contributed by atoms with Gasteiger partial charge in [-0.15, -0.1) is 0 Å². The molecule has 4 aromatic carbocycles. The number of hydrogen-bond acceptors (Lipinski definition) is 0. The first kappa shape index (κ1) is 35.6. The van der Waals surface area contributed by atoms with E-state index in [1.807, 2.05) is 0 Å². The monoisotopic (exact) mass is 684 g/mol. The molecule has 0 N–H and O–H groups in total. The molecular formula is C43H58BrP. The van der Waals surface area contributed by atoms with Gasteiger partial charge >= 0.3 is 214 Å². The van der Waals surface area contributed by atoms with Crippen LogP contribution in [0.5, 0.6) is 0 Å². The maximum absolute atomic E-state index is 4.61. The van der Waals surface area contributed by atoms with Crippen LogP contribution in [0, 0.1) is 0 Å². The van der Waals surface area contributed by atoms with E-state index in [9.17, 15) is 0 Å². The SMILES string of the molecule is CCCCCCCCCCCCCCCCCCCc1ccc(P(Br)(c2ccccc2)(c2ccccc2)c2ccccc2)cc1. The summed E-state index contributed by atoms with van der Waals surface area (Å²) in [6.45, 7) is 2.30. The third-order valence-corrected chi connectivity index (χ3v) is 19.7. The molecule has 0 amide bonds. The summed E-state index contributed by atoms with van der Waals surface area (Å²) < 4.78 is 0. The van der Waals surface area contributed by atoms with E-state index in [-0.39, 0.29) is 0 Å². The predicted octanol–water partition coefficient (Wildman–Crippen LogP) is 12.3. The zero-order chi connectivity index (χ0) is 31.5. The molecule has 0 atom stereocenters. The number of unbranched alkanes of at least 4 members (excludes halogenated alkanes) is 16. The fourth-order valence-electron chi connectivity index (χ4n) is 7.01. The van der Waals surface area contributed by atoms with Gasteiger partial charge in [-0.05, 0) is 0 Å². The Balaban J connectivity index is 1.25. The molecule has 2 heteroatoms. The number of hydrogen-bond donors (Lipinski definition) is 0. The van der Waals surface area contributed by atoms with Gasteiger partial charge < -0.3 is 0 Å². The van der Waals surface area contributed by atoms with E-state index in [0.29, 0.717) is 0 Å². The number of aryl methyl sites for hydroxylation is 1. The van der Waals surface area contributed by atoms with Gasteiger partial charge in [0.15, 0.2) is 0 Å². The van der Waals surface area contributed by atoms with Crippen LogP contribution in [0.4, 0.5) is 0 Å². The Hall–Kier alpha value is -2.21. The number of benzene rings is 4. The van der Waals surface area contributed by atoms with Gasteiger partial charge in [-0.1, -0.05) is 71.1 Å². The molecule has 0 aliphatic carbocycles. The Morgan fingerprint density at radius 2 is 0.644 bits per heavy atom. The number of rotatable bonds is 22. The third-order valence-electron chi connectivity index (χ3n) is 9.71. The van der Waals surface area contributed by atoms with E-state index in [4.69, 9.17) is 0 Å². The quantitative estimate of drug-likeness (QED) is 0.0571. The summed E-state index contributed by atoms with van der Waals surface area (Å²) in [6.07, 6.45) is 25.3. The van der Waals surface area contributed by atoms with Crippen molar-refractivity contribution in [3.8, 4) is 0 Å². The van der Waals surface area contributed by atoms with Crippen LogP contribution >= 0.6 is 20.8 Å². The van der Waals surface area contributed by atoms with Crippen molar-refractivity contribution in [2.24, 2.45) is 0 Å². The molecule has 0 unspecified atom stereocenters. The first-order valence-electron chi connectivity index (χ1n) is 18.2. The van der Waals surface area contributed by atoms with Gasteiger partial charge in [-0.3, -0.25) is 0 Å². The first-order chi connectivity index (χ1) is 22.2. The Kier molecular flexibility index (Phi) is 15.4. The summed E-state index contributed by atoms with van der Waals surface area (Å²) in [5, 5.41) is 2.25. The molecule has 0 bridgehead atoms. The van der Waals surface area contributed by atoms with Gasteiger partial charge in [0.05, 0.1) is 0 Å². The molecule has 0 aliphatic rings. The summed E-state index contributed by atoms with van der Waals surface area (Å²) >= 11 is 4.61. The molecular weight excluding hydrogens is 627 g/mol. The van der Waals surface area contributed by atoms with E-state index >= 15 is 0 Å². The standard InChI is InChI=1S/C43H58BrP/c1-2-3-4-5-6-7-8-9-10-11-12-13-14-15-16-17-21-28-39-35-37-43(38-36-39)45(44,40-29-22-18-23-30-40,41-31-24-19-25-32-41)42-33-26-20-27-34-42/h18-20,22-27,29-38H,2-17,21,28H2,1H3. The Bertz CT molecular complexity index is 1220. The second-order valence-electron chi connectivity index (χ2n) is 13.1. The molecule has 0 spiro atoms. The first-order valence-corrected chi connectivity index (χ1v) is 22.4. The summed E-state index contributed by atoms with van der Waals surface area (Å²) in [4.78, 5) is 0. The molecule has 0 nitrogen and oxygen atoms in total. The van der Waals surface area contributed by atoms with E-state index < -0.39 is 5.31 Å². The van der Waals surface area contributed by atoms with Gasteiger partial charge in [0.25, 0.3) is 0 Å². The fraction of sp³-hybridized carbons (Fsp3) is 0.442. The fourth-order valence-corrected chi connectivity index (χ4v) is 14.5. The zero-order valence-corrected chi connectivity index (χ0v) is 30.5. The Labute approximate surface area is 284 Å². The molecule has 0 heterocycles. The van der Waals surface area contributed by atoms with E-state index in [0.717, 1.165) is 0 Å². The molecule has 0 fully saturated rings. The van der Waals surface area contributed by atoms with Crippen molar-refractivity contribution in [1.82, 2.24) is 0 Å². The van der Waals surface area contributed by atoms with Crippen molar-refractivity contribution in [2.75, 3.05) is 0 Å². The van der Waals surface area contributed by atoms with Crippen LogP contribution in [0.3, 0.4) is 0 Å². The van der Waals surface area contributed by atoms with Crippen molar-refractivity contribution in [2.45, 2.75) is 122 Å². The molecule has 45 heavy (non-hydrogen) atoms. The molecule has 4 aromatic rings. The van der Waals surface area contributed by atoms with Gasteiger partial charge in [0, 0.05) is 0 Å². The molecule has 0 aliphatic heterocycles. The molecule has 0 aromatic heterocycles. The van der Waals surface area contributed by atoms with Crippen LogP contribution in [0.1, 0.15) is 122 Å². The second kappa shape index (κ2) is 19.5. The van der Waals surface area contributed by atoms with Crippen molar-refractivity contribution in [1.29, 1.82) is 0 Å². The van der Waals surface area contributed by atoms with Crippen LogP contribution in [0.2, 0.25) is 0 Å². The summed E-state index contributed by atoms with van der Waals surface area (Å²) in [7, 11) is 0. The van der Waals surface area contributed by atoms with Crippen molar-refractivity contribution < 1.29 is 0 Å². The Morgan fingerprint density at radius 1 is 0.356 bits per heavy atom. The van der Waals surface area contributed by atoms with Gasteiger partial charge in [0.1, 0.15) is 0 Å². The molecule has 0 radical (unpaired) electrons. The molecule has 4 rings (SSSR count). The van der Waals surface area contributed by atoms with Gasteiger partial charge in [-0.2, -0.15) is 0 Å². The molecule has 0 saturated carbocycles. The number of halogens is 1.